The highest BCUT2D eigenvalue weighted by Gasteiger charge is 2.41. The molecule has 0 aromatic carbocycles. The van der Waals surface area contributed by atoms with Gasteiger partial charge in [-0.25, -0.2) is 4.79 Å². The standard InChI is InChI=1S/C9H11F3N2O2/c1-4-16-8(15)6-5(2)13-14(3)7(6)9(10,11)12/h4H2,1-3H3. The molecule has 0 aliphatic heterocycles. The minimum atomic E-state index is -4.63. The lowest BCUT2D eigenvalue weighted by Crippen LogP contribution is -2.17. The van der Waals surface area contributed by atoms with Gasteiger partial charge in [0.2, 0.25) is 0 Å². The fraction of sp³-hybridized carbons (Fsp3) is 0.556. The molecular weight excluding hydrogens is 225 g/mol. The molecule has 0 radical (unpaired) electrons. The van der Waals surface area contributed by atoms with Gasteiger partial charge < -0.3 is 4.74 Å². The Morgan fingerprint density at radius 3 is 2.50 bits per heavy atom. The molecule has 1 aromatic heterocycles. The van der Waals surface area contributed by atoms with Gasteiger partial charge in [0.15, 0.2) is 5.69 Å². The lowest BCUT2D eigenvalue weighted by atomic mass is 10.2. The molecule has 0 unspecified atom stereocenters. The van der Waals surface area contributed by atoms with E-state index < -0.39 is 23.4 Å². The second-order valence-corrected chi connectivity index (χ2v) is 3.15. The number of hydrogen-bond donors (Lipinski definition) is 0. The normalized spacial score (nSPS) is 11.6. The van der Waals surface area contributed by atoms with Crippen molar-refractivity contribution in [3.63, 3.8) is 0 Å². The topological polar surface area (TPSA) is 44.1 Å². The third kappa shape index (κ3) is 2.17. The van der Waals surface area contributed by atoms with E-state index in [4.69, 9.17) is 0 Å². The highest BCUT2D eigenvalue weighted by molar-refractivity contribution is 5.92. The summed E-state index contributed by atoms with van der Waals surface area (Å²) in [5.74, 6) is -1.000. The summed E-state index contributed by atoms with van der Waals surface area (Å²) in [4.78, 5) is 11.4. The maximum Gasteiger partial charge on any atom is 0.433 e. The van der Waals surface area contributed by atoms with E-state index in [1.165, 1.54) is 13.8 Å². The molecule has 0 bridgehead atoms. The molecule has 7 heteroatoms. The molecule has 0 aliphatic rings. The summed E-state index contributed by atoms with van der Waals surface area (Å²) < 4.78 is 43.2. The van der Waals surface area contributed by atoms with Crippen LogP contribution < -0.4 is 0 Å². The van der Waals surface area contributed by atoms with Crippen LogP contribution >= 0.6 is 0 Å². The largest absolute Gasteiger partial charge is 0.462 e. The lowest BCUT2D eigenvalue weighted by Gasteiger charge is -2.09. The number of carbonyl (C=O) groups is 1. The van der Waals surface area contributed by atoms with Crippen molar-refractivity contribution in [1.29, 1.82) is 0 Å². The Bertz CT molecular complexity index is 410. The molecule has 0 spiro atoms. The van der Waals surface area contributed by atoms with Crippen LogP contribution in [0.15, 0.2) is 0 Å². The molecule has 0 N–H and O–H groups in total. The number of halogens is 3. The number of hydrogen-bond acceptors (Lipinski definition) is 3. The van der Waals surface area contributed by atoms with Gasteiger partial charge >= 0.3 is 12.1 Å². The van der Waals surface area contributed by atoms with Gasteiger partial charge in [0, 0.05) is 7.05 Å². The number of aromatic nitrogens is 2. The Kier molecular flexibility index (Phi) is 3.25. The number of alkyl halides is 3. The molecule has 0 aliphatic carbocycles. The monoisotopic (exact) mass is 236 g/mol. The van der Waals surface area contributed by atoms with Crippen LogP contribution in [0.5, 0.6) is 0 Å². The molecule has 0 saturated heterocycles. The molecule has 0 amide bonds. The first-order chi connectivity index (χ1) is 7.29. The Morgan fingerprint density at radius 1 is 1.50 bits per heavy atom. The third-order valence-corrected chi connectivity index (χ3v) is 1.97. The van der Waals surface area contributed by atoms with Crippen LogP contribution in [0.2, 0.25) is 0 Å². The second kappa shape index (κ2) is 4.15. The Morgan fingerprint density at radius 2 is 2.06 bits per heavy atom. The summed E-state index contributed by atoms with van der Waals surface area (Å²) in [6, 6.07) is 0. The van der Waals surface area contributed by atoms with Gasteiger partial charge in [-0.2, -0.15) is 18.3 Å². The Balaban J connectivity index is 3.32. The smallest absolute Gasteiger partial charge is 0.433 e. The molecule has 4 nitrogen and oxygen atoms in total. The van der Waals surface area contributed by atoms with Crippen molar-refractivity contribution in [3.8, 4) is 0 Å². The Labute approximate surface area is 90.0 Å². The SMILES string of the molecule is CCOC(=O)c1c(C)nn(C)c1C(F)(F)F. The van der Waals surface area contributed by atoms with Crippen molar-refractivity contribution < 1.29 is 22.7 Å². The van der Waals surface area contributed by atoms with Gasteiger partial charge in [0.1, 0.15) is 5.56 Å². The highest BCUT2D eigenvalue weighted by atomic mass is 19.4. The van der Waals surface area contributed by atoms with Gasteiger partial charge in [-0.15, -0.1) is 0 Å². The molecule has 1 heterocycles. The zero-order chi connectivity index (χ0) is 12.5. The van der Waals surface area contributed by atoms with E-state index in [2.05, 4.69) is 9.84 Å². The average molecular weight is 236 g/mol. The van der Waals surface area contributed by atoms with Crippen LogP contribution in [0.1, 0.15) is 28.7 Å². The third-order valence-electron chi connectivity index (χ3n) is 1.97. The minimum absolute atomic E-state index is 0.00766. The molecule has 0 atom stereocenters. The summed E-state index contributed by atoms with van der Waals surface area (Å²) in [7, 11) is 1.14. The second-order valence-electron chi connectivity index (χ2n) is 3.15. The van der Waals surface area contributed by atoms with Crippen molar-refractivity contribution in [1.82, 2.24) is 9.78 Å². The maximum atomic E-state index is 12.7. The first-order valence-electron chi connectivity index (χ1n) is 4.57. The van der Waals surface area contributed by atoms with Gasteiger partial charge in [0.25, 0.3) is 0 Å². The first-order valence-corrected chi connectivity index (χ1v) is 4.57. The predicted molar refractivity (Wildman–Crippen MR) is 48.9 cm³/mol. The van der Waals surface area contributed by atoms with Crippen LogP contribution in [0.4, 0.5) is 13.2 Å². The summed E-state index contributed by atoms with van der Waals surface area (Å²) in [6.45, 7) is 2.88. The molecule has 16 heavy (non-hydrogen) atoms. The van der Waals surface area contributed by atoms with E-state index in [1.54, 1.807) is 0 Å². The minimum Gasteiger partial charge on any atom is -0.462 e. The zero-order valence-corrected chi connectivity index (χ0v) is 9.05. The summed E-state index contributed by atoms with van der Waals surface area (Å²) in [5, 5.41) is 3.58. The van der Waals surface area contributed by atoms with Gasteiger partial charge in [-0.05, 0) is 13.8 Å². The molecule has 1 aromatic rings. The summed E-state index contributed by atoms with van der Waals surface area (Å²) in [6.07, 6.45) is -4.63. The molecule has 90 valence electrons. The van der Waals surface area contributed by atoms with Crippen LogP contribution in [-0.2, 0) is 18.0 Å². The van der Waals surface area contributed by atoms with E-state index in [0.717, 1.165) is 7.05 Å². The summed E-state index contributed by atoms with van der Waals surface area (Å²) in [5.41, 5.74) is -1.59. The number of aryl methyl sites for hydroxylation is 2. The number of esters is 1. The van der Waals surface area contributed by atoms with Crippen molar-refractivity contribution in [2.24, 2.45) is 7.05 Å². The van der Waals surface area contributed by atoms with Gasteiger partial charge in [0.05, 0.1) is 12.3 Å². The summed E-state index contributed by atoms with van der Waals surface area (Å²) >= 11 is 0. The van der Waals surface area contributed by atoms with Crippen LogP contribution in [0.3, 0.4) is 0 Å². The van der Waals surface area contributed by atoms with Crippen molar-refractivity contribution in [2.75, 3.05) is 6.61 Å². The van der Waals surface area contributed by atoms with E-state index in [-0.39, 0.29) is 12.3 Å². The van der Waals surface area contributed by atoms with Crippen molar-refractivity contribution >= 4 is 5.97 Å². The predicted octanol–water partition coefficient (Wildman–Crippen LogP) is 1.92. The van der Waals surface area contributed by atoms with Crippen LogP contribution in [0, 0.1) is 6.92 Å². The van der Waals surface area contributed by atoms with Crippen LogP contribution in [0.25, 0.3) is 0 Å². The first kappa shape index (κ1) is 12.5. The molecule has 0 saturated carbocycles. The quantitative estimate of drug-likeness (QED) is 0.737. The van der Waals surface area contributed by atoms with Gasteiger partial charge in [-0.1, -0.05) is 0 Å². The molecular formula is C9H11F3N2O2. The maximum absolute atomic E-state index is 12.7. The number of nitrogens with zero attached hydrogens (tertiary/aromatic N) is 2. The highest BCUT2D eigenvalue weighted by Crippen LogP contribution is 2.33. The van der Waals surface area contributed by atoms with E-state index in [1.807, 2.05) is 0 Å². The number of rotatable bonds is 2. The molecule has 1 rings (SSSR count). The molecule has 0 fully saturated rings. The van der Waals surface area contributed by atoms with Gasteiger partial charge in [-0.3, -0.25) is 4.68 Å². The fourth-order valence-corrected chi connectivity index (χ4v) is 1.43. The number of carbonyl (C=O) groups excluding carboxylic acids is 1. The van der Waals surface area contributed by atoms with E-state index in [9.17, 15) is 18.0 Å². The Hall–Kier alpha value is -1.53. The average Bonchev–Trinajstić information content (AvgIpc) is 2.40. The van der Waals surface area contributed by atoms with E-state index in [0.29, 0.717) is 4.68 Å². The van der Waals surface area contributed by atoms with E-state index >= 15 is 0 Å². The van der Waals surface area contributed by atoms with Crippen molar-refractivity contribution in [3.05, 3.63) is 17.0 Å². The lowest BCUT2D eigenvalue weighted by molar-refractivity contribution is -0.144. The fourth-order valence-electron chi connectivity index (χ4n) is 1.43. The number of ether oxygens (including phenoxy) is 1. The zero-order valence-electron chi connectivity index (χ0n) is 9.05. The van der Waals surface area contributed by atoms with Crippen molar-refractivity contribution in [2.45, 2.75) is 20.0 Å². The van der Waals surface area contributed by atoms with Crippen LogP contribution in [-0.4, -0.2) is 22.4 Å².